The molecule has 1 amide bonds. The number of thioether (sulfide) groups is 1. The number of aliphatic imine (C=N–C) groups is 1. The van der Waals surface area contributed by atoms with Gasteiger partial charge in [0.25, 0.3) is 5.91 Å². The van der Waals surface area contributed by atoms with Gasteiger partial charge in [-0.3, -0.25) is 9.79 Å². The molecule has 1 aliphatic heterocycles. The minimum absolute atomic E-state index is 0.150. The number of rotatable bonds is 5. The molecular formula is C18H17F4N5O2S. The summed E-state index contributed by atoms with van der Waals surface area (Å²) in [4.78, 5) is 24.1. The minimum Gasteiger partial charge on any atom is -0.467 e. The summed E-state index contributed by atoms with van der Waals surface area (Å²) in [6.07, 6.45) is -2.05. The van der Waals surface area contributed by atoms with Gasteiger partial charge in [0.15, 0.2) is 11.8 Å². The minimum atomic E-state index is -4.51. The van der Waals surface area contributed by atoms with Gasteiger partial charge in [-0.25, -0.2) is 14.4 Å². The van der Waals surface area contributed by atoms with E-state index < -0.39 is 30.0 Å². The molecule has 3 rings (SSSR count). The molecule has 1 atom stereocenters. The first kappa shape index (κ1) is 21.8. The van der Waals surface area contributed by atoms with Crippen LogP contribution in [-0.4, -0.2) is 39.6 Å². The lowest BCUT2D eigenvalue weighted by Crippen LogP contribution is -2.29. The summed E-state index contributed by atoms with van der Waals surface area (Å²) >= 11 is 1.39. The molecule has 0 saturated carbocycles. The quantitative estimate of drug-likeness (QED) is 0.686. The second kappa shape index (κ2) is 8.46. The summed E-state index contributed by atoms with van der Waals surface area (Å²) in [5.41, 5.74) is 5.35. The van der Waals surface area contributed by atoms with E-state index in [4.69, 9.17) is 5.73 Å². The Hall–Kier alpha value is -2.89. The third-order valence-electron chi connectivity index (χ3n) is 4.24. The molecule has 2 aromatic rings. The van der Waals surface area contributed by atoms with Gasteiger partial charge in [-0.2, -0.15) is 13.2 Å². The second-order valence-electron chi connectivity index (χ2n) is 6.61. The number of nitrogens with one attached hydrogen (secondary N) is 1. The molecule has 0 fully saturated rings. The summed E-state index contributed by atoms with van der Waals surface area (Å²) in [6.45, 7) is 0.241. The fourth-order valence-electron chi connectivity index (χ4n) is 2.76. The molecule has 1 aromatic heterocycles. The summed E-state index contributed by atoms with van der Waals surface area (Å²) in [5.74, 6) is -0.841. The Bertz CT molecular complexity index is 968. The summed E-state index contributed by atoms with van der Waals surface area (Å²) in [5, 5.41) is 2.92. The number of ether oxygens (including phenoxy) is 1. The first-order valence-corrected chi connectivity index (χ1v) is 9.65. The number of halogens is 4. The second-order valence-corrected chi connectivity index (χ2v) is 7.73. The van der Waals surface area contributed by atoms with Gasteiger partial charge in [-0.15, -0.1) is 0 Å². The predicted molar refractivity (Wildman–Crippen MR) is 104 cm³/mol. The number of alkyl halides is 3. The fourth-order valence-corrected chi connectivity index (χ4v) is 3.73. The van der Waals surface area contributed by atoms with Gasteiger partial charge in [0.2, 0.25) is 5.88 Å². The van der Waals surface area contributed by atoms with Gasteiger partial charge in [0, 0.05) is 17.0 Å². The third kappa shape index (κ3) is 5.38. The number of carbonyl (C=O) groups is 1. The number of nitrogens with two attached hydrogens (primary N) is 1. The standard InChI is InChI=1S/C18H17F4N5O2S/c1-17(4-5-30-16(23)27-17)11-6-10(2-3-12(11)19)26-15(28)13-7-25-14(8-24-13)29-9-18(20,21)22/h2-3,6-8H,4-5,9H2,1H3,(H2,23,27)(H,26,28)/t17-/m0/s1. The van der Waals surface area contributed by atoms with E-state index in [1.54, 1.807) is 6.92 Å². The van der Waals surface area contributed by atoms with Crippen molar-refractivity contribution in [3.8, 4) is 5.88 Å². The zero-order chi connectivity index (χ0) is 21.9. The lowest BCUT2D eigenvalue weighted by molar-refractivity contribution is -0.154. The molecular weight excluding hydrogens is 426 g/mol. The molecule has 160 valence electrons. The molecule has 0 saturated heterocycles. The first-order chi connectivity index (χ1) is 14.1. The lowest BCUT2D eigenvalue weighted by Gasteiger charge is -2.30. The van der Waals surface area contributed by atoms with Crippen LogP contribution in [0.15, 0.2) is 35.6 Å². The molecule has 1 aromatic carbocycles. The van der Waals surface area contributed by atoms with Crippen LogP contribution in [0, 0.1) is 5.82 Å². The molecule has 2 heterocycles. The van der Waals surface area contributed by atoms with Crippen molar-refractivity contribution in [2.45, 2.75) is 25.1 Å². The molecule has 0 spiro atoms. The van der Waals surface area contributed by atoms with Crippen molar-refractivity contribution in [2.75, 3.05) is 17.7 Å². The average molecular weight is 443 g/mol. The van der Waals surface area contributed by atoms with E-state index in [0.29, 0.717) is 23.0 Å². The van der Waals surface area contributed by atoms with E-state index in [-0.39, 0.29) is 17.1 Å². The maximum Gasteiger partial charge on any atom is 0.422 e. The Morgan fingerprint density at radius 3 is 2.73 bits per heavy atom. The largest absolute Gasteiger partial charge is 0.467 e. The van der Waals surface area contributed by atoms with Crippen molar-refractivity contribution in [2.24, 2.45) is 10.7 Å². The number of benzene rings is 1. The number of hydrogen-bond acceptors (Lipinski definition) is 7. The van der Waals surface area contributed by atoms with Crippen LogP contribution < -0.4 is 15.8 Å². The summed E-state index contributed by atoms with van der Waals surface area (Å²) in [7, 11) is 0. The van der Waals surface area contributed by atoms with Gasteiger partial charge < -0.3 is 15.8 Å². The molecule has 0 unspecified atom stereocenters. The molecule has 3 N–H and O–H groups in total. The van der Waals surface area contributed by atoms with Crippen molar-refractivity contribution >= 4 is 28.5 Å². The Balaban J connectivity index is 1.74. The first-order valence-electron chi connectivity index (χ1n) is 8.67. The highest BCUT2D eigenvalue weighted by atomic mass is 32.2. The van der Waals surface area contributed by atoms with E-state index in [0.717, 1.165) is 12.4 Å². The fraction of sp³-hybridized carbons (Fsp3) is 0.333. The Morgan fingerprint density at radius 2 is 2.10 bits per heavy atom. The molecule has 0 aliphatic carbocycles. The highest BCUT2D eigenvalue weighted by Gasteiger charge is 2.32. The molecule has 30 heavy (non-hydrogen) atoms. The highest BCUT2D eigenvalue weighted by molar-refractivity contribution is 8.13. The Morgan fingerprint density at radius 1 is 1.33 bits per heavy atom. The van der Waals surface area contributed by atoms with Crippen LogP contribution in [0.4, 0.5) is 23.2 Å². The number of amides is 1. The topological polar surface area (TPSA) is 102 Å². The smallest absolute Gasteiger partial charge is 0.422 e. The molecule has 0 bridgehead atoms. The van der Waals surface area contributed by atoms with Crippen LogP contribution in [0.2, 0.25) is 0 Å². The number of aromatic nitrogens is 2. The maximum atomic E-state index is 14.4. The monoisotopic (exact) mass is 443 g/mol. The van der Waals surface area contributed by atoms with Crippen molar-refractivity contribution in [3.63, 3.8) is 0 Å². The lowest BCUT2D eigenvalue weighted by atomic mass is 9.89. The van der Waals surface area contributed by atoms with E-state index in [1.165, 1.54) is 30.0 Å². The Labute approximate surface area is 173 Å². The zero-order valence-corrected chi connectivity index (χ0v) is 16.5. The highest BCUT2D eigenvalue weighted by Crippen LogP contribution is 2.37. The predicted octanol–water partition coefficient (Wildman–Crippen LogP) is 3.48. The molecule has 1 aliphatic rings. The van der Waals surface area contributed by atoms with Crippen molar-refractivity contribution in [1.82, 2.24) is 9.97 Å². The van der Waals surface area contributed by atoms with Crippen LogP contribution in [0.1, 0.15) is 29.4 Å². The molecule has 12 heteroatoms. The third-order valence-corrected chi connectivity index (χ3v) is 5.04. The summed E-state index contributed by atoms with van der Waals surface area (Å²) < 4.78 is 55.3. The number of carbonyl (C=O) groups excluding carboxylic acids is 1. The van der Waals surface area contributed by atoms with Crippen LogP contribution in [0.25, 0.3) is 0 Å². The normalized spacial score (nSPS) is 19.2. The van der Waals surface area contributed by atoms with Gasteiger partial charge in [-0.1, -0.05) is 11.8 Å². The van der Waals surface area contributed by atoms with Gasteiger partial charge in [0.05, 0.1) is 17.9 Å². The summed E-state index contributed by atoms with van der Waals surface area (Å²) in [6, 6.07) is 4.05. The average Bonchev–Trinajstić information content (AvgIpc) is 2.67. The van der Waals surface area contributed by atoms with Gasteiger partial charge >= 0.3 is 6.18 Å². The van der Waals surface area contributed by atoms with E-state index in [1.807, 2.05) is 0 Å². The number of nitrogens with zero attached hydrogens (tertiary/aromatic N) is 3. The van der Waals surface area contributed by atoms with Gasteiger partial charge in [0.1, 0.15) is 11.5 Å². The van der Waals surface area contributed by atoms with Crippen molar-refractivity contribution < 1.29 is 27.1 Å². The van der Waals surface area contributed by atoms with E-state index >= 15 is 0 Å². The number of hydrogen-bond donors (Lipinski definition) is 2. The van der Waals surface area contributed by atoms with Crippen molar-refractivity contribution in [1.29, 1.82) is 0 Å². The van der Waals surface area contributed by atoms with E-state index in [9.17, 15) is 22.4 Å². The molecule has 7 nitrogen and oxygen atoms in total. The number of amidine groups is 1. The zero-order valence-electron chi connectivity index (χ0n) is 15.7. The van der Waals surface area contributed by atoms with E-state index in [2.05, 4.69) is 25.0 Å². The number of anilines is 1. The van der Waals surface area contributed by atoms with Crippen LogP contribution in [0.5, 0.6) is 5.88 Å². The SMILES string of the molecule is C[C@@]1(c2cc(NC(=O)c3cnc(OCC(F)(F)F)cn3)ccc2F)CCSC(N)=N1. The van der Waals surface area contributed by atoms with Gasteiger partial charge in [-0.05, 0) is 31.5 Å². The molecule has 0 radical (unpaired) electrons. The van der Waals surface area contributed by atoms with Crippen molar-refractivity contribution in [3.05, 3.63) is 47.7 Å². The van der Waals surface area contributed by atoms with Crippen LogP contribution in [-0.2, 0) is 5.54 Å². The van der Waals surface area contributed by atoms with Crippen LogP contribution >= 0.6 is 11.8 Å². The Kier molecular flexibility index (Phi) is 6.15. The van der Waals surface area contributed by atoms with Crippen LogP contribution in [0.3, 0.4) is 0 Å². The maximum absolute atomic E-state index is 14.4.